The van der Waals surface area contributed by atoms with Crippen LogP contribution in [-0.2, 0) is 19.6 Å². The van der Waals surface area contributed by atoms with Crippen LogP contribution in [0.2, 0.25) is 0 Å². The van der Waals surface area contributed by atoms with Crippen molar-refractivity contribution in [2.24, 2.45) is 0 Å². The summed E-state index contributed by atoms with van der Waals surface area (Å²) in [6, 6.07) is 18.6. The lowest BCUT2D eigenvalue weighted by Gasteiger charge is -2.27. The Labute approximate surface area is 193 Å². The van der Waals surface area contributed by atoms with Gasteiger partial charge in [0, 0.05) is 6.04 Å². The summed E-state index contributed by atoms with van der Waals surface area (Å²) >= 11 is 0. The molecule has 2 aliphatic rings. The molecule has 33 heavy (non-hydrogen) atoms. The number of carbonyl (C=O) groups excluding carboxylic acids is 2. The molecule has 1 atom stereocenters. The van der Waals surface area contributed by atoms with Crippen molar-refractivity contribution in [2.75, 3.05) is 4.90 Å². The maximum Gasteiger partial charge on any atom is 0.252 e. The van der Waals surface area contributed by atoms with Gasteiger partial charge in [-0.1, -0.05) is 56.3 Å². The summed E-state index contributed by atoms with van der Waals surface area (Å²) < 4.78 is 28.7. The summed E-state index contributed by atoms with van der Waals surface area (Å²) in [5.41, 5.74) is 1.59. The van der Waals surface area contributed by atoms with Crippen LogP contribution >= 0.6 is 0 Å². The molecule has 3 aromatic carbocycles. The minimum absolute atomic E-state index is 0.145. The lowest BCUT2D eigenvalue weighted by atomic mass is 10.0. The van der Waals surface area contributed by atoms with Crippen LogP contribution in [0, 0.1) is 0 Å². The Morgan fingerprint density at radius 1 is 0.909 bits per heavy atom. The standard InChI is InChI=1S/C26H26N2O4S/c1-17(2)18-7-10-21(11-8-18)27-25(29)16-24(26(27)30)28(22-12-13-22)33(31,32)23-14-9-19-5-3-4-6-20(19)15-23/h3-11,14-15,17,22,24H,12-13,16H2,1-2H3. The van der Waals surface area contributed by atoms with E-state index in [1.54, 1.807) is 30.3 Å². The molecule has 6 nitrogen and oxygen atoms in total. The van der Waals surface area contributed by atoms with Gasteiger partial charge >= 0.3 is 0 Å². The van der Waals surface area contributed by atoms with E-state index in [4.69, 9.17) is 0 Å². The molecule has 1 saturated carbocycles. The van der Waals surface area contributed by atoms with Gasteiger partial charge in [-0.2, -0.15) is 4.31 Å². The highest BCUT2D eigenvalue weighted by Gasteiger charge is 2.51. The van der Waals surface area contributed by atoms with Crippen molar-refractivity contribution in [3.05, 3.63) is 72.3 Å². The molecule has 3 aromatic rings. The van der Waals surface area contributed by atoms with Crippen LogP contribution in [0.3, 0.4) is 0 Å². The smallest absolute Gasteiger partial charge is 0.252 e. The van der Waals surface area contributed by atoms with Crippen molar-refractivity contribution in [1.82, 2.24) is 4.31 Å². The fraction of sp³-hybridized carbons (Fsp3) is 0.308. The highest BCUT2D eigenvalue weighted by Crippen LogP contribution is 2.38. The number of amides is 2. The summed E-state index contributed by atoms with van der Waals surface area (Å²) in [5.74, 6) is -0.524. The Kier molecular flexibility index (Phi) is 5.34. The number of fused-ring (bicyclic) bond motifs is 1. The SMILES string of the molecule is CC(C)c1ccc(N2C(=O)CC(N(C3CC3)S(=O)(=O)c3ccc4ccccc4c3)C2=O)cc1. The van der Waals surface area contributed by atoms with Gasteiger partial charge in [0.25, 0.3) is 5.91 Å². The summed E-state index contributed by atoms with van der Waals surface area (Å²) in [6.07, 6.45) is 1.23. The molecule has 0 aromatic heterocycles. The molecule has 7 heteroatoms. The highest BCUT2D eigenvalue weighted by molar-refractivity contribution is 7.89. The van der Waals surface area contributed by atoms with E-state index in [1.165, 1.54) is 4.31 Å². The van der Waals surface area contributed by atoms with Crippen LogP contribution in [0.5, 0.6) is 0 Å². The number of anilines is 1. The predicted molar refractivity (Wildman–Crippen MR) is 127 cm³/mol. The number of sulfonamides is 1. The number of imide groups is 1. The number of hydrogen-bond donors (Lipinski definition) is 0. The van der Waals surface area contributed by atoms with Crippen molar-refractivity contribution >= 4 is 38.3 Å². The van der Waals surface area contributed by atoms with Crippen molar-refractivity contribution in [3.8, 4) is 0 Å². The third kappa shape index (κ3) is 3.85. The van der Waals surface area contributed by atoms with E-state index < -0.39 is 22.0 Å². The van der Waals surface area contributed by atoms with Crippen molar-refractivity contribution in [2.45, 2.75) is 56.0 Å². The largest absolute Gasteiger partial charge is 0.274 e. The van der Waals surface area contributed by atoms with Gasteiger partial charge in [-0.15, -0.1) is 0 Å². The molecule has 0 N–H and O–H groups in total. The molecule has 0 radical (unpaired) electrons. The third-order valence-corrected chi connectivity index (χ3v) is 8.41. The van der Waals surface area contributed by atoms with E-state index in [1.807, 2.05) is 36.4 Å². The van der Waals surface area contributed by atoms with Gasteiger partial charge in [-0.05, 0) is 59.4 Å². The van der Waals surface area contributed by atoms with Crippen molar-refractivity contribution in [1.29, 1.82) is 0 Å². The molecule has 0 spiro atoms. The first-order valence-corrected chi connectivity index (χ1v) is 12.7. The summed E-state index contributed by atoms with van der Waals surface area (Å²) in [6.45, 7) is 4.14. The minimum Gasteiger partial charge on any atom is -0.274 e. The molecular formula is C26H26N2O4S. The summed E-state index contributed by atoms with van der Waals surface area (Å²) in [4.78, 5) is 27.6. The van der Waals surface area contributed by atoms with Gasteiger partial charge in [-0.3, -0.25) is 9.59 Å². The van der Waals surface area contributed by atoms with E-state index in [0.29, 0.717) is 24.4 Å². The molecule has 5 rings (SSSR count). The average molecular weight is 463 g/mol. The first kappa shape index (κ1) is 21.8. The van der Waals surface area contributed by atoms with Crippen LogP contribution in [0.15, 0.2) is 71.6 Å². The summed E-state index contributed by atoms with van der Waals surface area (Å²) in [5, 5.41) is 1.76. The molecule has 0 bridgehead atoms. The van der Waals surface area contributed by atoms with Gasteiger partial charge in [0.15, 0.2) is 0 Å². The zero-order chi connectivity index (χ0) is 23.3. The first-order chi connectivity index (χ1) is 15.8. The summed E-state index contributed by atoms with van der Waals surface area (Å²) in [7, 11) is -3.96. The van der Waals surface area contributed by atoms with Crippen LogP contribution in [0.4, 0.5) is 5.69 Å². The van der Waals surface area contributed by atoms with Gasteiger partial charge in [0.2, 0.25) is 15.9 Å². The highest BCUT2D eigenvalue weighted by atomic mass is 32.2. The predicted octanol–water partition coefficient (Wildman–Crippen LogP) is 4.45. The number of nitrogens with zero attached hydrogens (tertiary/aromatic N) is 2. The first-order valence-electron chi connectivity index (χ1n) is 11.3. The average Bonchev–Trinajstić information content (AvgIpc) is 3.58. The van der Waals surface area contributed by atoms with E-state index in [-0.39, 0.29) is 23.3 Å². The molecule has 2 amide bonds. The van der Waals surface area contributed by atoms with Crippen LogP contribution in [0.25, 0.3) is 10.8 Å². The number of hydrogen-bond acceptors (Lipinski definition) is 4. The fourth-order valence-corrected chi connectivity index (χ4v) is 6.35. The zero-order valence-corrected chi connectivity index (χ0v) is 19.5. The van der Waals surface area contributed by atoms with Crippen molar-refractivity contribution in [3.63, 3.8) is 0 Å². The molecular weight excluding hydrogens is 436 g/mol. The van der Waals surface area contributed by atoms with Gasteiger partial charge in [-0.25, -0.2) is 13.3 Å². The Hall–Kier alpha value is -3.03. The second kappa shape index (κ2) is 8.08. The number of carbonyl (C=O) groups is 2. The van der Waals surface area contributed by atoms with Crippen LogP contribution < -0.4 is 4.90 Å². The monoisotopic (exact) mass is 462 g/mol. The Morgan fingerprint density at radius 3 is 2.21 bits per heavy atom. The number of benzene rings is 3. The van der Waals surface area contributed by atoms with Crippen molar-refractivity contribution < 1.29 is 18.0 Å². The second-order valence-corrected chi connectivity index (χ2v) is 11.0. The van der Waals surface area contributed by atoms with E-state index in [2.05, 4.69) is 13.8 Å². The molecule has 1 heterocycles. The quantitative estimate of drug-likeness (QED) is 0.508. The maximum absolute atomic E-state index is 13.7. The van der Waals surface area contributed by atoms with Gasteiger partial charge < -0.3 is 0 Å². The number of rotatable bonds is 6. The van der Waals surface area contributed by atoms with Gasteiger partial charge in [0.1, 0.15) is 6.04 Å². The van der Waals surface area contributed by atoms with Gasteiger partial charge in [0.05, 0.1) is 17.0 Å². The lowest BCUT2D eigenvalue weighted by Crippen LogP contribution is -2.46. The molecule has 1 aliphatic carbocycles. The fourth-order valence-electron chi connectivity index (χ4n) is 4.49. The Balaban J connectivity index is 1.49. The van der Waals surface area contributed by atoms with E-state index >= 15 is 0 Å². The minimum atomic E-state index is -3.96. The molecule has 1 unspecified atom stereocenters. The molecule has 170 valence electrons. The maximum atomic E-state index is 13.7. The molecule has 1 aliphatic heterocycles. The van der Waals surface area contributed by atoms with Crippen LogP contribution in [-0.4, -0.2) is 36.6 Å². The lowest BCUT2D eigenvalue weighted by molar-refractivity contribution is -0.122. The van der Waals surface area contributed by atoms with E-state index in [9.17, 15) is 18.0 Å². The second-order valence-electron chi connectivity index (χ2n) is 9.11. The Morgan fingerprint density at radius 2 is 1.58 bits per heavy atom. The Bertz CT molecular complexity index is 1340. The van der Waals surface area contributed by atoms with Crippen LogP contribution in [0.1, 0.15) is 44.6 Å². The topological polar surface area (TPSA) is 74.8 Å². The molecule has 1 saturated heterocycles. The van der Waals surface area contributed by atoms with E-state index in [0.717, 1.165) is 21.2 Å². The molecule has 2 fully saturated rings. The normalized spacial score (nSPS) is 19.3. The zero-order valence-electron chi connectivity index (χ0n) is 18.6. The third-order valence-electron chi connectivity index (χ3n) is 6.45.